The molecule has 0 aliphatic heterocycles. The minimum atomic E-state index is 0.0396. The highest BCUT2D eigenvalue weighted by molar-refractivity contribution is 5.76. The first-order chi connectivity index (χ1) is 15.6. The number of ether oxygens (including phenoxy) is 6. The molecule has 174 valence electrons. The molecule has 0 radical (unpaired) electrons. The Balaban J connectivity index is 2.14. The molecule has 0 saturated heterocycles. The van der Waals surface area contributed by atoms with Crippen LogP contribution in [0.3, 0.4) is 0 Å². The third kappa shape index (κ3) is 4.23. The van der Waals surface area contributed by atoms with Gasteiger partial charge in [0.25, 0.3) is 0 Å². The van der Waals surface area contributed by atoms with E-state index in [0.29, 0.717) is 34.5 Å². The Labute approximate surface area is 188 Å². The molecular weight excluding hydrogens is 414 g/mol. The molecule has 0 aromatic heterocycles. The molecule has 0 saturated carbocycles. The molecule has 8 heteroatoms. The van der Waals surface area contributed by atoms with Crippen molar-refractivity contribution in [3.8, 4) is 34.5 Å². The molecule has 1 N–H and O–H groups in total. The number of hydroxylamine groups is 1. The number of hydrogen-bond acceptors (Lipinski definition) is 8. The van der Waals surface area contributed by atoms with Crippen molar-refractivity contribution in [2.24, 2.45) is 0 Å². The van der Waals surface area contributed by atoms with Gasteiger partial charge in [0.05, 0.1) is 49.8 Å². The molecule has 0 bridgehead atoms. The second kappa shape index (κ2) is 10.4. The van der Waals surface area contributed by atoms with Crippen molar-refractivity contribution in [1.29, 1.82) is 0 Å². The monoisotopic (exact) mass is 445 g/mol. The van der Waals surface area contributed by atoms with Crippen LogP contribution in [-0.4, -0.2) is 49.8 Å². The molecule has 1 aliphatic rings. The number of benzene rings is 2. The summed E-state index contributed by atoms with van der Waals surface area (Å²) in [5.74, 6) is 3.58. The van der Waals surface area contributed by atoms with E-state index >= 15 is 0 Å². The summed E-state index contributed by atoms with van der Waals surface area (Å²) in [6, 6.07) is 7.85. The lowest BCUT2D eigenvalue weighted by molar-refractivity contribution is 0.114. The van der Waals surface area contributed by atoms with E-state index in [4.69, 9.17) is 33.3 Å². The first kappa shape index (κ1) is 23.4. The van der Waals surface area contributed by atoms with E-state index in [-0.39, 0.29) is 5.92 Å². The van der Waals surface area contributed by atoms with E-state index in [0.717, 1.165) is 35.2 Å². The van der Waals surface area contributed by atoms with E-state index in [9.17, 15) is 0 Å². The lowest BCUT2D eigenvalue weighted by Gasteiger charge is -2.20. The van der Waals surface area contributed by atoms with Crippen molar-refractivity contribution in [2.75, 3.05) is 49.8 Å². The van der Waals surface area contributed by atoms with Gasteiger partial charge in [-0.25, -0.2) is 0 Å². The van der Waals surface area contributed by atoms with Crippen molar-refractivity contribution in [3.63, 3.8) is 0 Å². The van der Waals surface area contributed by atoms with Gasteiger partial charge in [0.15, 0.2) is 23.0 Å². The van der Waals surface area contributed by atoms with Crippen LogP contribution in [0.15, 0.2) is 30.0 Å². The van der Waals surface area contributed by atoms with Gasteiger partial charge >= 0.3 is 0 Å². The Morgan fingerprint density at radius 3 is 1.53 bits per heavy atom. The highest BCUT2D eigenvalue weighted by atomic mass is 16.6. The van der Waals surface area contributed by atoms with Gasteiger partial charge in [-0.2, -0.15) is 0 Å². The summed E-state index contributed by atoms with van der Waals surface area (Å²) in [5, 5.41) is 0. The normalized spacial score (nSPS) is 15.4. The average Bonchev–Trinajstić information content (AvgIpc) is 3.25. The number of rotatable bonds is 10. The van der Waals surface area contributed by atoms with E-state index in [1.165, 1.54) is 0 Å². The Bertz CT molecular complexity index is 936. The SMILES string of the molecule is CONC1=C(c2cc(OC)c(OC)c(OC)c2)CC[C@H]1c1cc(OC)c(OC)c(OC)c1. The highest BCUT2D eigenvalue weighted by Crippen LogP contribution is 2.49. The fraction of sp³-hybridized carbons (Fsp3) is 0.417. The fourth-order valence-corrected chi connectivity index (χ4v) is 4.21. The van der Waals surface area contributed by atoms with Crippen molar-refractivity contribution < 1.29 is 33.3 Å². The van der Waals surface area contributed by atoms with Gasteiger partial charge in [-0.3, -0.25) is 10.3 Å². The molecule has 32 heavy (non-hydrogen) atoms. The minimum absolute atomic E-state index is 0.0396. The first-order valence-corrected chi connectivity index (χ1v) is 10.2. The summed E-state index contributed by atoms with van der Waals surface area (Å²) in [6.07, 6.45) is 1.70. The van der Waals surface area contributed by atoms with E-state index in [1.807, 2.05) is 24.3 Å². The molecule has 0 fully saturated rings. The third-order valence-electron chi connectivity index (χ3n) is 5.67. The molecule has 2 aromatic carbocycles. The van der Waals surface area contributed by atoms with Crippen LogP contribution >= 0.6 is 0 Å². The third-order valence-corrected chi connectivity index (χ3v) is 5.67. The zero-order chi connectivity index (χ0) is 23.3. The quantitative estimate of drug-likeness (QED) is 0.546. The van der Waals surface area contributed by atoms with Gasteiger partial charge < -0.3 is 28.4 Å². The summed E-state index contributed by atoms with van der Waals surface area (Å²) in [4.78, 5) is 5.36. The number of nitrogens with one attached hydrogen (secondary N) is 1. The first-order valence-electron chi connectivity index (χ1n) is 10.2. The van der Waals surface area contributed by atoms with E-state index < -0.39 is 0 Å². The van der Waals surface area contributed by atoms with Gasteiger partial charge in [-0.05, 0) is 53.8 Å². The summed E-state index contributed by atoms with van der Waals surface area (Å²) >= 11 is 0. The zero-order valence-corrected chi connectivity index (χ0v) is 19.7. The van der Waals surface area contributed by atoms with Crippen LogP contribution in [0.5, 0.6) is 34.5 Å². The molecule has 3 rings (SSSR count). The summed E-state index contributed by atoms with van der Waals surface area (Å²) in [5.41, 5.74) is 7.15. The molecule has 0 amide bonds. The molecule has 8 nitrogen and oxygen atoms in total. The van der Waals surface area contributed by atoms with Crippen molar-refractivity contribution in [2.45, 2.75) is 18.8 Å². The molecule has 0 unspecified atom stereocenters. The molecular formula is C24H31NO7. The lowest BCUT2D eigenvalue weighted by Crippen LogP contribution is -2.16. The van der Waals surface area contributed by atoms with Crippen LogP contribution in [0.2, 0.25) is 0 Å². The Kier molecular flexibility index (Phi) is 7.58. The second-order valence-corrected chi connectivity index (χ2v) is 7.16. The number of methoxy groups -OCH3 is 6. The largest absolute Gasteiger partial charge is 0.493 e. The maximum atomic E-state index is 5.55. The maximum Gasteiger partial charge on any atom is 0.203 e. The smallest absolute Gasteiger partial charge is 0.203 e. The van der Waals surface area contributed by atoms with Gasteiger partial charge in [0.2, 0.25) is 11.5 Å². The van der Waals surface area contributed by atoms with Crippen LogP contribution in [0.4, 0.5) is 0 Å². The summed E-state index contributed by atoms with van der Waals surface area (Å²) in [7, 11) is 11.2. The maximum absolute atomic E-state index is 5.55. The Morgan fingerprint density at radius 2 is 1.12 bits per heavy atom. The Hall–Kier alpha value is -3.26. The molecule has 2 aromatic rings. The van der Waals surface area contributed by atoms with Gasteiger partial charge in [0.1, 0.15) is 0 Å². The standard InChI is InChI=1S/C24H31NO7/c1-26-18-10-14(11-19(27-2)23(18)30-5)16-8-9-17(22(16)25-32-7)15-12-20(28-3)24(31-6)21(13-15)29-4/h10-13,16,25H,8-9H2,1-7H3/t16-/m0/s1. The van der Waals surface area contributed by atoms with Crippen LogP contribution in [0.1, 0.15) is 29.9 Å². The summed E-state index contributed by atoms with van der Waals surface area (Å²) < 4.78 is 33.1. The molecule has 1 aliphatic carbocycles. The van der Waals surface area contributed by atoms with Crippen molar-refractivity contribution in [1.82, 2.24) is 5.48 Å². The number of allylic oxidation sites excluding steroid dienone is 2. The minimum Gasteiger partial charge on any atom is -0.493 e. The average molecular weight is 446 g/mol. The lowest BCUT2D eigenvalue weighted by atomic mass is 9.95. The topological polar surface area (TPSA) is 76.6 Å². The summed E-state index contributed by atoms with van der Waals surface area (Å²) in [6.45, 7) is 0. The van der Waals surface area contributed by atoms with Crippen LogP contribution < -0.4 is 33.9 Å². The van der Waals surface area contributed by atoms with Crippen LogP contribution in [0.25, 0.3) is 5.57 Å². The van der Waals surface area contributed by atoms with E-state index in [2.05, 4.69) is 5.48 Å². The molecule has 0 heterocycles. The molecule has 0 spiro atoms. The van der Waals surface area contributed by atoms with Crippen LogP contribution in [-0.2, 0) is 4.84 Å². The zero-order valence-electron chi connectivity index (χ0n) is 19.7. The molecule has 1 atom stereocenters. The van der Waals surface area contributed by atoms with Gasteiger partial charge in [-0.15, -0.1) is 0 Å². The van der Waals surface area contributed by atoms with Gasteiger partial charge in [-0.1, -0.05) is 0 Å². The van der Waals surface area contributed by atoms with Crippen molar-refractivity contribution in [3.05, 3.63) is 41.1 Å². The van der Waals surface area contributed by atoms with Crippen LogP contribution in [0, 0.1) is 0 Å². The Morgan fingerprint density at radius 1 is 0.656 bits per heavy atom. The highest BCUT2D eigenvalue weighted by Gasteiger charge is 2.31. The van der Waals surface area contributed by atoms with Gasteiger partial charge in [0, 0.05) is 11.6 Å². The second-order valence-electron chi connectivity index (χ2n) is 7.16. The fourth-order valence-electron chi connectivity index (χ4n) is 4.21. The predicted molar refractivity (Wildman–Crippen MR) is 121 cm³/mol. The van der Waals surface area contributed by atoms with Crippen molar-refractivity contribution >= 4 is 5.57 Å². The van der Waals surface area contributed by atoms with E-state index in [1.54, 1.807) is 49.8 Å². The number of hydrogen-bond donors (Lipinski definition) is 1. The predicted octanol–water partition coefficient (Wildman–Crippen LogP) is 4.18.